The number of carbonyl (C=O) groups excluding carboxylic acids is 1. The van der Waals surface area contributed by atoms with Crippen LogP contribution in [0.15, 0.2) is 0 Å². The molecule has 0 aromatic carbocycles. The number of hydrogen-bond donors (Lipinski definition) is 1. The standard InChI is InChI=1S/C15H26N2O3/c1-3-15(13(18)19)8-5-10-17(15)14(20)16-9-4-6-12(2)7-11-16/h12H,3-11H2,1-2H3,(H,18,19). The van der Waals surface area contributed by atoms with Gasteiger partial charge in [0, 0.05) is 19.6 Å². The van der Waals surface area contributed by atoms with Crippen molar-refractivity contribution in [2.75, 3.05) is 19.6 Å². The second-order valence-electron chi connectivity index (χ2n) is 6.25. The quantitative estimate of drug-likeness (QED) is 0.846. The Kier molecular flexibility index (Phi) is 4.55. The number of urea groups is 1. The zero-order valence-electron chi connectivity index (χ0n) is 12.6. The average molecular weight is 282 g/mol. The largest absolute Gasteiger partial charge is 0.479 e. The van der Waals surface area contributed by atoms with Gasteiger partial charge in [-0.15, -0.1) is 0 Å². The molecule has 2 aliphatic rings. The number of amides is 2. The van der Waals surface area contributed by atoms with Gasteiger partial charge in [0.25, 0.3) is 0 Å². The lowest BCUT2D eigenvalue weighted by atomic mass is 9.93. The summed E-state index contributed by atoms with van der Waals surface area (Å²) in [6.45, 7) is 6.18. The lowest BCUT2D eigenvalue weighted by molar-refractivity contribution is -0.148. The van der Waals surface area contributed by atoms with Gasteiger partial charge < -0.3 is 14.9 Å². The van der Waals surface area contributed by atoms with E-state index in [0.717, 1.165) is 38.8 Å². The van der Waals surface area contributed by atoms with E-state index in [4.69, 9.17) is 0 Å². The molecular weight excluding hydrogens is 256 g/mol. The molecule has 2 amide bonds. The number of carbonyl (C=O) groups is 2. The van der Waals surface area contributed by atoms with Gasteiger partial charge in [0.15, 0.2) is 0 Å². The van der Waals surface area contributed by atoms with Crippen molar-refractivity contribution in [1.29, 1.82) is 0 Å². The van der Waals surface area contributed by atoms with Gasteiger partial charge in [0.1, 0.15) is 5.54 Å². The molecule has 2 heterocycles. The molecule has 20 heavy (non-hydrogen) atoms. The molecule has 0 saturated carbocycles. The van der Waals surface area contributed by atoms with E-state index in [1.807, 2.05) is 11.8 Å². The van der Waals surface area contributed by atoms with Crippen LogP contribution < -0.4 is 0 Å². The third kappa shape index (κ3) is 2.63. The van der Waals surface area contributed by atoms with Crippen LogP contribution in [-0.4, -0.2) is 52.1 Å². The maximum Gasteiger partial charge on any atom is 0.329 e. The van der Waals surface area contributed by atoms with Crippen LogP contribution in [0.3, 0.4) is 0 Å². The number of rotatable bonds is 2. The van der Waals surface area contributed by atoms with Gasteiger partial charge in [0.2, 0.25) is 0 Å². The predicted molar refractivity (Wildman–Crippen MR) is 76.6 cm³/mol. The van der Waals surface area contributed by atoms with E-state index >= 15 is 0 Å². The SMILES string of the molecule is CCC1(C(=O)O)CCCN1C(=O)N1CCCC(C)CC1. The van der Waals surface area contributed by atoms with Crippen LogP contribution in [0.1, 0.15) is 52.4 Å². The summed E-state index contributed by atoms with van der Waals surface area (Å²) < 4.78 is 0. The molecular formula is C15H26N2O3. The minimum absolute atomic E-state index is 0.0687. The summed E-state index contributed by atoms with van der Waals surface area (Å²) in [6.07, 6.45) is 5.05. The number of carboxylic acids is 1. The Morgan fingerprint density at radius 1 is 1.20 bits per heavy atom. The summed E-state index contributed by atoms with van der Waals surface area (Å²) >= 11 is 0. The van der Waals surface area contributed by atoms with Crippen molar-refractivity contribution in [3.8, 4) is 0 Å². The smallest absolute Gasteiger partial charge is 0.329 e. The molecule has 2 aliphatic heterocycles. The summed E-state index contributed by atoms with van der Waals surface area (Å²) in [5.74, 6) is -0.198. The first-order chi connectivity index (χ1) is 9.51. The normalized spacial score (nSPS) is 31.2. The Balaban J connectivity index is 2.13. The van der Waals surface area contributed by atoms with Crippen LogP contribution in [0, 0.1) is 5.92 Å². The van der Waals surface area contributed by atoms with E-state index < -0.39 is 11.5 Å². The van der Waals surface area contributed by atoms with Crippen molar-refractivity contribution in [2.24, 2.45) is 5.92 Å². The number of hydrogen-bond acceptors (Lipinski definition) is 2. The Bertz CT molecular complexity index is 385. The molecule has 2 rings (SSSR count). The van der Waals surface area contributed by atoms with Crippen molar-refractivity contribution in [3.05, 3.63) is 0 Å². The first-order valence-corrected chi connectivity index (χ1v) is 7.81. The maximum absolute atomic E-state index is 12.7. The third-order valence-corrected chi connectivity index (χ3v) is 4.99. The summed E-state index contributed by atoms with van der Waals surface area (Å²) in [6, 6.07) is -0.0687. The van der Waals surface area contributed by atoms with Crippen molar-refractivity contribution in [1.82, 2.24) is 9.80 Å². The van der Waals surface area contributed by atoms with Gasteiger partial charge in [0.05, 0.1) is 0 Å². The van der Waals surface area contributed by atoms with Gasteiger partial charge in [-0.3, -0.25) is 0 Å². The molecule has 0 spiro atoms. The summed E-state index contributed by atoms with van der Waals surface area (Å²) in [5.41, 5.74) is -0.977. The first kappa shape index (κ1) is 15.1. The molecule has 0 aromatic heterocycles. The van der Waals surface area contributed by atoms with Crippen LogP contribution >= 0.6 is 0 Å². The van der Waals surface area contributed by atoms with Gasteiger partial charge in [-0.05, 0) is 44.4 Å². The number of nitrogens with zero attached hydrogens (tertiary/aromatic N) is 2. The Morgan fingerprint density at radius 3 is 2.60 bits per heavy atom. The molecule has 5 heteroatoms. The summed E-state index contributed by atoms with van der Waals surface area (Å²) in [7, 11) is 0. The predicted octanol–water partition coefficient (Wildman–Crippen LogP) is 2.56. The fourth-order valence-electron chi connectivity index (χ4n) is 3.52. The summed E-state index contributed by atoms with van der Waals surface area (Å²) in [4.78, 5) is 27.9. The molecule has 0 aliphatic carbocycles. The lowest BCUT2D eigenvalue weighted by Gasteiger charge is -2.37. The van der Waals surface area contributed by atoms with E-state index in [2.05, 4.69) is 6.92 Å². The molecule has 2 atom stereocenters. The van der Waals surface area contributed by atoms with E-state index in [-0.39, 0.29) is 6.03 Å². The highest BCUT2D eigenvalue weighted by Crippen LogP contribution is 2.34. The molecule has 2 saturated heterocycles. The number of aliphatic carboxylic acids is 1. The van der Waals surface area contributed by atoms with Crippen molar-refractivity contribution in [3.63, 3.8) is 0 Å². The van der Waals surface area contributed by atoms with Crippen molar-refractivity contribution in [2.45, 2.75) is 57.9 Å². The van der Waals surface area contributed by atoms with E-state index in [0.29, 0.717) is 25.3 Å². The third-order valence-electron chi connectivity index (χ3n) is 4.99. The topological polar surface area (TPSA) is 60.9 Å². The van der Waals surface area contributed by atoms with Crippen LogP contribution in [0.5, 0.6) is 0 Å². The Morgan fingerprint density at radius 2 is 1.95 bits per heavy atom. The second-order valence-corrected chi connectivity index (χ2v) is 6.25. The highest BCUT2D eigenvalue weighted by atomic mass is 16.4. The zero-order chi connectivity index (χ0) is 14.8. The zero-order valence-corrected chi connectivity index (χ0v) is 12.6. The molecule has 5 nitrogen and oxygen atoms in total. The monoisotopic (exact) mass is 282 g/mol. The average Bonchev–Trinajstić information content (AvgIpc) is 2.75. The molecule has 0 bridgehead atoms. The van der Waals surface area contributed by atoms with Crippen LogP contribution in [0.4, 0.5) is 4.79 Å². The fraction of sp³-hybridized carbons (Fsp3) is 0.867. The van der Waals surface area contributed by atoms with E-state index in [1.165, 1.54) is 0 Å². The van der Waals surface area contributed by atoms with Gasteiger partial charge >= 0.3 is 12.0 Å². The minimum Gasteiger partial charge on any atom is -0.479 e. The van der Waals surface area contributed by atoms with Crippen molar-refractivity contribution < 1.29 is 14.7 Å². The Labute approximate surface area is 120 Å². The van der Waals surface area contributed by atoms with Gasteiger partial charge in [-0.2, -0.15) is 0 Å². The van der Waals surface area contributed by atoms with Crippen molar-refractivity contribution >= 4 is 12.0 Å². The van der Waals surface area contributed by atoms with Crippen LogP contribution in [0.25, 0.3) is 0 Å². The highest BCUT2D eigenvalue weighted by Gasteiger charge is 2.49. The molecule has 0 radical (unpaired) electrons. The minimum atomic E-state index is -0.977. The van der Waals surface area contributed by atoms with Crippen LogP contribution in [0.2, 0.25) is 0 Å². The molecule has 1 N–H and O–H groups in total. The number of carboxylic acid groups (broad SMARTS) is 1. The summed E-state index contributed by atoms with van der Waals surface area (Å²) in [5, 5.41) is 9.57. The first-order valence-electron chi connectivity index (χ1n) is 7.81. The lowest BCUT2D eigenvalue weighted by Crippen LogP contribution is -2.56. The maximum atomic E-state index is 12.7. The van der Waals surface area contributed by atoms with Gasteiger partial charge in [-0.25, -0.2) is 9.59 Å². The van der Waals surface area contributed by atoms with Crippen LogP contribution in [-0.2, 0) is 4.79 Å². The molecule has 114 valence electrons. The Hall–Kier alpha value is -1.26. The molecule has 0 aromatic rings. The molecule has 2 fully saturated rings. The fourth-order valence-corrected chi connectivity index (χ4v) is 3.52. The highest BCUT2D eigenvalue weighted by molar-refractivity contribution is 5.87. The van der Waals surface area contributed by atoms with E-state index in [1.54, 1.807) is 4.90 Å². The van der Waals surface area contributed by atoms with Gasteiger partial charge in [-0.1, -0.05) is 13.8 Å². The number of likely N-dealkylation sites (tertiary alicyclic amines) is 2. The van der Waals surface area contributed by atoms with E-state index in [9.17, 15) is 14.7 Å². The molecule has 2 unspecified atom stereocenters. The second kappa shape index (κ2) is 6.02.